The Bertz CT molecular complexity index is 679. The summed E-state index contributed by atoms with van der Waals surface area (Å²) < 4.78 is 1.74. The number of nitrogens with one attached hydrogen (secondary N) is 1. The molecule has 1 amide bonds. The van der Waals surface area contributed by atoms with Gasteiger partial charge in [0, 0.05) is 31.9 Å². The fraction of sp³-hybridized carbons (Fsp3) is 0.364. The molecule has 112 valence electrons. The Labute approximate surface area is 124 Å². The normalized spacial score (nSPS) is 10.6. The lowest BCUT2D eigenvalue weighted by Gasteiger charge is -2.14. The molecular formula is C11H13ClN6O3. The summed E-state index contributed by atoms with van der Waals surface area (Å²) in [5, 5.41) is 20.2. The molecule has 0 bridgehead atoms. The van der Waals surface area contributed by atoms with Crippen LogP contribution in [0.4, 0.5) is 5.82 Å². The monoisotopic (exact) mass is 312 g/mol. The van der Waals surface area contributed by atoms with Gasteiger partial charge < -0.3 is 15.0 Å². The van der Waals surface area contributed by atoms with Crippen LogP contribution < -0.4 is 0 Å². The van der Waals surface area contributed by atoms with Crippen molar-refractivity contribution in [1.29, 1.82) is 0 Å². The molecular weight excluding hydrogens is 300 g/mol. The molecule has 0 atom stereocenters. The summed E-state index contributed by atoms with van der Waals surface area (Å²) in [4.78, 5) is 23.5. The van der Waals surface area contributed by atoms with E-state index in [1.807, 2.05) is 13.1 Å². The number of hydrogen-bond donors (Lipinski definition) is 1. The number of amides is 1. The summed E-state index contributed by atoms with van der Waals surface area (Å²) in [6, 6.07) is 0. The minimum atomic E-state index is -0.725. The van der Waals surface area contributed by atoms with E-state index < -0.39 is 16.6 Å². The summed E-state index contributed by atoms with van der Waals surface area (Å²) >= 11 is 5.79. The highest BCUT2D eigenvalue weighted by atomic mass is 35.5. The van der Waals surface area contributed by atoms with Crippen LogP contribution in [0, 0.1) is 10.1 Å². The zero-order chi connectivity index (χ0) is 15.6. The van der Waals surface area contributed by atoms with Crippen molar-refractivity contribution in [2.75, 3.05) is 7.05 Å². The predicted octanol–water partition coefficient (Wildman–Crippen LogP) is 1.46. The summed E-state index contributed by atoms with van der Waals surface area (Å²) in [6.45, 7) is 2.99. The molecule has 0 saturated heterocycles. The highest BCUT2D eigenvalue weighted by Crippen LogP contribution is 2.25. The second-order valence-electron chi connectivity index (χ2n) is 4.36. The Morgan fingerprint density at radius 3 is 2.86 bits per heavy atom. The van der Waals surface area contributed by atoms with Gasteiger partial charge in [0.05, 0.1) is 6.20 Å². The molecule has 21 heavy (non-hydrogen) atoms. The van der Waals surface area contributed by atoms with Crippen molar-refractivity contribution in [3.05, 3.63) is 38.8 Å². The van der Waals surface area contributed by atoms with E-state index in [0.29, 0.717) is 6.54 Å². The first-order chi connectivity index (χ1) is 9.93. The molecule has 0 aliphatic rings. The molecule has 2 rings (SSSR count). The first-order valence-corrected chi connectivity index (χ1v) is 6.46. The van der Waals surface area contributed by atoms with Crippen LogP contribution >= 0.6 is 11.6 Å². The van der Waals surface area contributed by atoms with Crippen LogP contribution in [-0.2, 0) is 13.1 Å². The molecule has 2 heterocycles. The standard InChI is InChI=1S/C11H13ClN6O3/c1-3-17-6-7(4-13-17)5-16(2)11(19)9-8(12)10(15-14-9)18(20)21/h4,6H,3,5H2,1-2H3,(H,14,15). The molecule has 0 aliphatic carbocycles. The van der Waals surface area contributed by atoms with Gasteiger partial charge in [-0.2, -0.15) is 5.10 Å². The maximum absolute atomic E-state index is 12.2. The number of hydrogen-bond acceptors (Lipinski definition) is 5. The van der Waals surface area contributed by atoms with Crippen molar-refractivity contribution >= 4 is 23.3 Å². The van der Waals surface area contributed by atoms with E-state index in [0.717, 1.165) is 12.1 Å². The van der Waals surface area contributed by atoms with Crippen molar-refractivity contribution in [3.8, 4) is 0 Å². The first kappa shape index (κ1) is 15.0. The van der Waals surface area contributed by atoms with Gasteiger partial charge in [-0.3, -0.25) is 9.48 Å². The van der Waals surface area contributed by atoms with Crippen molar-refractivity contribution < 1.29 is 9.72 Å². The first-order valence-electron chi connectivity index (χ1n) is 6.09. The van der Waals surface area contributed by atoms with Gasteiger partial charge >= 0.3 is 5.82 Å². The van der Waals surface area contributed by atoms with Crippen LogP contribution in [0.15, 0.2) is 12.4 Å². The maximum Gasteiger partial charge on any atom is 0.362 e. The molecule has 0 aliphatic heterocycles. The van der Waals surface area contributed by atoms with Gasteiger partial charge in [-0.05, 0) is 11.8 Å². The van der Waals surface area contributed by atoms with Crippen molar-refractivity contribution in [1.82, 2.24) is 24.9 Å². The average molecular weight is 313 g/mol. The zero-order valence-corrected chi connectivity index (χ0v) is 12.2. The molecule has 1 N–H and O–H groups in total. The van der Waals surface area contributed by atoms with E-state index >= 15 is 0 Å². The molecule has 2 aromatic heterocycles. The van der Waals surface area contributed by atoms with E-state index in [4.69, 9.17) is 11.6 Å². The average Bonchev–Trinajstić information content (AvgIpc) is 3.04. The Kier molecular flexibility index (Phi) is 4.22. The third-order valence-electron chi connectivity index (χ3n) is 2.85. The van der Waals surface area contributed by atoms with Gasteiger partial charge in [-0.25, -0.2) is 0 Å². The maximum atomic E-state index is 12.2. The van der Waals surface area contributed by atoms with Gasteiger partial charge in [-0.15, -0.1) is 5.10 Å². The Balaban J connectivity index is 2.14. The topological polar surface area (TPSA) is 110 Å². The highest BCUT2D eigenvalue weighted by Gasteiger charge is 2.27. The summed E-state index contributed by atoms with van der Waals surface area (Å²) in [5.41, 5.74) is 0.669. The van der Waals surface area contributed by atoms with E-state index in [9.17, 15) is 14.9 Å². The third-order valence-corrected chi connectivity index (χ3v) is 3.21. The molecule has 0 saturated carbocycles. The molecule has 9 nitrogen and oxygen atoms in total. The van der Waals surface area contributed by atoms with Gasteiger partial charge in [0.15, 0.2) is 10.7 Å². The lowest BCUT2D eigenvalue weighted by atomic mass is 10.3. The third kappa shape index (κ3) is 3.02. The highest BCUT2D eigenvalue weighted by molar-refractivity contribution is 6.35. The number of aromatic amines is 1. The second-order valence-corrected chi connectivity index (χ2v) is 4.74. The molecule has 0 fully saturated rings. The summed E-state index contributed by atoms with van der Waals surface area (Å²) in [7, 11) is 1.56. The van der Waals surface area contributed by atoms with Crippen LogP contribution in [0.3, 0.4) is 0 Å². The molecule has 10 heteroatoms. The summed E-state index contributed by atoms with van der Waals surface area (Å²) in [5.74, 6) is -0.999. The number of aromatic nitrogens is 4. The number of aryl methyl sites for hydroxylation is 1. The number of nitrogens with zero attached hydrogens (tertiary/aromatic N) is 5. The lowest BCUT2D eigenvalue weighted by Crippen LogP contribution is -2.26. The van der Waals surface area contributed by atoms with Crippen molar-refractivity contribution in [2.24, 2.45) is 0 Å². The summed E-state index contributed by atoms with van der Waals surface area (Å²) in [6.07, 6.45) is 3.47. The van der Waals surface area contributed by atoms with E-state index in [1.54, 1.807) is 17.9 Å². The van der Waals surface area contributed by atoms with E-state index in [2.05, 4.69) is 15.3 Å². The number of rotatable bonds is 5. The smallest absolute Gasteiger partial charge is 0.358 e. The number of nitro groups is 1. The quantitative estimate of drug-likeness (QED) is 0.664. The van der Waals surface area contributed by atoms with Gasteiger partial charge in [0.2, 0.25) is 0 Å². The SMILES string of the molecule is CCn1cc(CN(C)C(=O)c2n[nH]c([N+](=O)[O-])c2Cl)cn1. The van der Waals surface area contributed by atoms with Crippen LogP contribution in [0.5, 0.6) is 0 Å². The van der Waals surface area contributed by atoms with Crippen LogP contribution in [0.25, 0.3) is 0 Å². The molecule has 0 spiro atoms. The van der Waals surface area contributed by atoms with Gasteiger partial charge in [-0.1, -0.05) is 16.7 Å². The second kappa shape index (κ2) is 5.92. The van der Waals surface area contributed by atoms with Crippen LogP contribution in [-0.4, -0.2) is 42.8 Å². The van der Waals surface area contributed by atoms with Crippen LogP contribution in [0.2, 0.25) is 5.02 Å². The number of H-pyrrole nitrogens is 1. The fourth-order valence-electron chi connectivity index (χ4n) is 1.77. The molecule has 2 aromatic rings. The van der Waals surface area contributed by atoms with E-state index in [1.165, 1.54) is 4.90 Å². The van der Waals surface area contributed by atoms with Gasteiger partial charge in [0.1, 0.15) is 0 Å². The Hall–Kier alpha value is -2.42. The lowest BCUT2D eigenvalue weighted by molar-refractivity contribution is -0.389. The Morgan fingerprint density at radius 1 is 1.62 bits per heavy atom. The number of carbonyl (C=O) groups is 1. The number of halogens is 1. The molecule has 0 aromatic carbocycles. The minimum Gasteiger partial charge on any atom is -0.358 e. The van der Waals surface area contributed by atoms with Gasteiger partial charge in [0.25, 0.3) is 5.91 Å². The van der Waals surface area contributed by atoms with Crippen LogP contribution in [0.1, 0.15) is 23.0 Å². The van der Waals surface area contributed by atoms with Crippen molar-refractivity contribution in [3.63, 3.8) is 0 Å². The largest absolute Gasteiger partial charge is 0.362 e. The Morgan fingerprint density at radius 2 is 2.33 bits per heavy atom. The predicted molar refractivity (Wildman–Crippen MR) is 74.0 cm³/mol. The van der Waals surface area contributed by atoms with E-state index in [-0.39, 0.29) is 10.7 Å². The zero-order valence-electron chi connectivity index (χ0n) is 11.4. The minimum absolute atomic E-state index is 0.172. The fourth-order valence-corrected chi connectivity index (χ4v) is 2.00. The number of carbonyl (C=O) groups excluding carboxylic acids is 1. The molecule has 0 radical (unpaired) electrons. The molecule has 0 unspecified atom stereocenters. The van der Waals surface area contributed by atoms with Crippen molar-refractivity contribution in [2.45, 2.75) is 20.0 Å².